The van der Waals surface area contributed by atoms with Gasteiger partial charge in [-0.2, -0.15) is 0 Å². The summed E-state index contributed by atoms with van der Waals surface area (Å²) in [4.78, 5) is 38.8. The minimum Gasteiger partial charge on any atom is -0.547 e. The van der Waals surface area contributed by atoms with Crippen molar-refractivity contribution in [3.05, 3.63) is 0 Å². The zero-order chi connectivity index (χ0) is 16.6. The first kappa shape index (κ1) is 30.3. The van der Waals surface area contributed by atoms with Crippen molar-refractivity contribution in [2.75, 3.05) is 0 Å². The molecular formula is C8H10KNaO12. The average Bonchev–Trinajstić information content (AvgIpc) is 2.35. The molecule has 0 radical (unpaired) electrons. The Labute approximate surface area is 187 Å². The number of carboxylic acid groups (broad SMARTS) is 4. The molecule has 14 heteroatoms. The van der Waals surface area contributed by atoms with E-state index in [1.165, 1.54) is 0 Å². The summed E-state index contributed by atoms with van der Waals surface area (Å²) in [5.74, 6) is -7.65. The molecule has 4 unspecified atom stereocenters. The number of carbonyl (C=O) groups is 4. The molecule has 0 heterocycles. The molecule has 0 bridgehead atoms. The van der Waals surface area contributed by atoms with Crippen LogP contribution in [0.15, 0.2) is 0 Å². The zero-order valence-corrected chi connectivity index (χ0v) is 16.6. The maximum Gasteiger partial charge on any atom is 1.00 e. The van der Waals surface area contributed by atoms with E-state index in [2.05, 4.69) is 0 Å². The number of rotatable bonds is 6. The second-order valence-corrected chi connectivity index (χ2v) is 3.09. The molecule has 0 aromatic rings. The fraction of sp³-hybridized carbons (Fsp3) is 0.500. The second kappa shape index (κ2) is 14.9. The molecule has 0 rings (SSSR count). The fourth-order valence-electron chi connectivity index (χ4n) is 0.528. The van der Waals surface area contributed by atoms with E-state index in [4.69, 9.17) is 30.6 Å². The molecule has 0 spiro atoms. The van der Waals surface area contributed by atoms with Crippen molar-refractivity contribution in [3.8, 4) is 0 Å². The molecule has 4 atom stereocenters. The van der Waals surface area contributed by atoms with Gasteiger partial charge in [0.25, 0.3) is 0 Å². The molecule has 22 heavy (non-hydrogen) atoms. The van der Waals surface area contributed by atoms with Crippen LogP contribution < -0.4 is 91.2 Å². The van der Waals surface area contributed by atoms with Gasteiger partial charge in [0, 0.05) is 0 Å². The average molecular weight is 360 g/mol. The SMILES string of the molecule is O=C([O-])C(O)C(O)C(=O)O.O=C([O-])C(O)C(O)C(=O)O.[K+].[Na+]. The van der Waals surface area contributed by atoms with Gasteiger partial charge in [0.05, 0.1) is 11.9 Å². The van der Waals surface area contributed by atoms with Crippen molar-refractivity contribution in [1.82, 2.24) is 0 Å². The molecule has 12 nitrogen and oxygen atoms in total. The second-order valence-electron chi connectivity index (χ2n) is 3.09. The molecular weight excluding hydrogens is 350 g/mol. The molecule has 0 aromatic carbocycles. The van der Waals surface area contributed by atoms with E-state index in [0.717, 1.165) is 0 Å². The van der Waals surface area contributed by atoms with E-state index in [1.807, 2.05) is 0 Å². The number of aliphatic carboxylic acids is 4. The predicted octanol–water partition coefficient (Wildman–Crippen LogP) is -12.9. The maximum absolute atomic E-state index is 9.74. The van der Waals surface area contributed by atoms with Crippen LogP contribution in [0.2, 0.25) is 0 Å². The Morgan fingerprint density at radius 2 is 0.818 bits per heavy atom. The summed E-state index contributed by atoms with van der Waals surface area (Å²) < 4.78 is 0. The Bertz CT molecular complexity index is 315. The van der Waals surface area contributed by atoms with Crippen LogP contribution in [0.4, 0.5) is 0 Å². The van der Waals surface area contributed by atoms with Crippen LogP contribution in [0, 0.1) is 0 Å². The summed E-state index contributed by atoms with van der Waals surface area (Å²) >= 11 is 0. The van der Waals surface area contributed by atoms with Crippen LogP contribution >= 0.6 is 0 Å². The Balaban J connectivity index is -0.000000135. The molecule has 0 aliphatic rings. The first-order valence-corrected chi connectivity index (χ1v) is 4.53. The summed E-state index contributed by atoms with van der Waals surface area (Å²) in [6.45, 7) is 0. The molecule has 116 valence electrons. The maximum atomic E-state index is 9.74. The Morgan fingerprint density at radius 1 is 0.636 bits per heavy atom. The van der Waals surface area contributed by atoms with Crippen LogP contribution in [-0.4, -0.2) is 78.9 Å². The number of carbonyl (C=O) groups excluding carboxylic acids is 2. The summed E-state index contributed by atoms with van der Waals surface area (Å²) in [6, 6.07) is 0. The quantitative estimate of drug-likeness (QED) is 0.242. The summed E-state index contributed by atoms with van der Waals surface area (Å²) in [5, 5.41) is 68.3. The van der Waals surface area contributed by atoms with Crippen LogP contribution in [0.5, 0.6) is 0 Å². The van der Waals surface area contributed by atoms with Crippen LogP contribution in [-0.2, 0) is 19.2 Å². The summed E-state index contributed by atoms with van der Waals surface area (Å²) in [5.41, 5.74) is 0. The largest absolute Gasteiger partial charge is 1.00 e. The molecule has 0 amide bonds. The van der Waals surface area contributed by atoms with Crippen molar-refractivity contribution in [3.63, 3.8) is 0 Å². The molecule has 6 N–H and O–H groups in total. The summed E-state index contributed by atoms with van der Waals surface area (Å²) in [6.07, 6.45) is -9.41. The number of carboxylic acids is 4. The van der Waals surface area contributed by atoms with E-state index < -0.39 is 48.3 Å². The van der Waals surface area contributed by atoms with Gasteiger partial charge < -0.3 is 50.4 Å². The van der Waals surface area contributed by atoms with Gasteiger partial charge in [-0.1, -0.05) is 0 Å². The first-order chi connectivity index (χ1) is 8.93. The van der Waals surface area contributed by atoms with Crippen molar-refractivity contribution in [2.45, 2.75) is 24.4 Å². The molecule has 0 aliphatic heterocycles. The first-order valence-electron chi connectivity index (χ1n) is 4.53. The van der Waals surface area contributed by atoms with Crippen LogP contribution in [0.1, 0.15) is 0 Å². The Kier molecular flexibility index (Phi) is 20.5. The van der Waals surface area contributed by atoms with Gasteiger partial charge in [-0.3, -0.25) is 0 Å². The van der Waals surface area contributed by atoms with Crippen molar-refractivity contribution < 1.29 is 141 Å². The standard InChI is InChI=1S/2C4H6O6.K.Na/c2*5-1(3(7)8)2(6)4(9)10;;/h2*1-2,5-6H,(H,7,8)(H,9,10);;/q;;2*+1/p-2. The van der Waals surface area contributed by atoms with E-state index in [9.17, 15) is 29.4 Å². The molecule has 0 saturated carbocycles. The van der Waals surface area contributed by atoms with Gasteiger partial charge >= 0.3 is 92.9 Å². The van der Waals surface area contributed by atoms with E-state index in [1.54, 1.807) is 0 Å². The van der Waals surface area contributed by atoms with Gasteiger partial charge in [0.1, 0.15) is 12.2 Å². The van der Waals surface area contributed by atoms with Crippen molar-refractivity contribution in [1.29, 1.82) is 0 Å². The summed E-state index contributed by atoms with van der Waals surface area (Å²) in [7, 11) is 0. The topological polar surface area (TPSA) is 236 Å². The minimum atomic E-state index is -2.38. The number of hydrogen-bond donors (Lipinski definition) is 6. The molecule has 0 aromatic heterocycles. The Hall–Kier alpha value is 0.356. The predicted molar refractivity (Wildman–Crippen MR) is 49.3 cm³/mol. The molecule has 0 aliphatic carbocycles. The third-order valence-electron chi connectivity index (χ3n) is 1.59. The third kappa shape index (κ3) is 12.9. The number of hydrogen-bond acceptors (Lipinski definition) is 10. The van der Waals surface area contributed by atoms with Gasteiger partial charge in [-0.05, 0) is 0 Å². The smallest absolute Gasteiger partial charge is 0.547 e. The zero-order valence-electron chi connectivity index (χ0n) is 11.4. The van der Waals surface area contributed by atoms with E-state index >= 15 is 0 Å². The molecule has 0 saturated heterocycles. The van der Waals surface area contributed by atoms with Gasteiger partial charge in [0.2, 0.25) is 0 Å². The van der Waals surface area contributed by atoms with E-state index in [0.29, 0.717) is 0 Å². The van der Waals surface area contributed by atoms with Crippen LogP contribution in [0.25, 0.3) is 0 Å². The molecule has 0 fully saturated rings. The third-order valence-corrected chi connectivity index (χ3v) is 1.59. The van der Waals surface area contributed by atoms with Crippen molar-refractivity contribution in [2.24, 2.45) is 0 Å². The van der Waals surface area contributed by atoms with Gasteiger partial charge in [0.15, 0.2) is 12.2 Å². The van der Waals surface area contributed by atoms with E-state index in [-0.39, 0.29) is 80.9 Å². The van der Waals surface area contributed by atoms with Gasteiger partial charge in [-0.15, -0.1) is 0 Å². The monoisotopic (exact) mass is 360 g/mol. The normalized spacial score (nSPS) is 14.4. The minimum absolute atomic E-state index is 0. The fourth-order valence-corrected chi connectivity index (χ4v) is 0.528. The Morgan fingerprint density at radius 3 is 0.864 bits per heavy atom. The van der Waals surface area contributed by atoms with Crippen molar-refractivity contribution >= 4 is 23.9 Å². The number of aliphatic hydroxyl groups is 4. The number of aliphatic hydroxyl groups excluding tert-OH is 4. The van der Waals surface area contributed by atoms with Crippen LogP contribution in [0.3, 0.4) is 0 Å². The van der Waals surface area contributed by atoms with Gasteiger partial charge in [-0.25, -0.2) is 9.59 Å².